The maximum atomic E-state index is 13.1. The first-order valence-electron chi connectivity index (χ1n) is 7.99. The second kappa shape index (κ2) is 5.44. The molecule has 0 aliphatic carbocycles. The van der Waals surface area contributed by atoms with Gasteiger partial charge in [-0.25, -0.2) is 9.80 Å². The molecule has 0 spiro atoms. The molecular weight excluding hydrogens is 320 g/mol. The van der Waals surface area contributed by atoms with E-state index >= 15 is 0 Å². The van der Waals surface area contributed by atoms with Gasteiger partial charge in [-0.3, -0.25) is 18.5 Å². The number of aromatic nitrogens is 4. The summed E-state index contributed by atoms with van der Waals surface area (Å²) in [6, 6.07) is 9.47. The van der Waals surface area contributed by atoms with Crippen LogP contribution in [0.2, 0.25) is 0 Å². The first-order chi connectivity index (χ1) is 12.0. The second-order valence-electron chi connectivity index (χ2n) is 6.25. The van der Waals surface area contributed by atoms with Gasteiger partial charge in [0.05, 0.1) is 18.8 Å². The topological polar surface area (TPSA) is 77.4 Å². The van der Waals surface area contributed by atoms with Crippen LogP contribution in [0.3, 0.4) is 0 Å². The Hall–Kier alpha value is -3.16. The number of nitrogens with zero attached hydrogens (tertiary/aromatic N) is 6. The minimum Gasteiger partial charge on any atom is -0.297 e. The Morgan fingerprint density at radius 2 is 1.84 bits per heavy atom. The van der Waals surface area contributed by atoms with E-state index in [4.69, 9.17) is 0 Å². The number of anilines is 1. The molecule has 25 heavy (non-hydrogen) atoms. The van der Waals surface area contributed by atoms with Crippen LogP contribution < -0.4 is 16.3 Å². The molecule has 4 rings (SSSR count). The molecule has 3 heterocycles. The molecule has 0 N–H and O–H groups in total. The molecule has 1 aliphatic rings. The zero-order valence-corrected chi connectivity index (χ0v) is 14.3. The molecule has 1 aliphatic heterocycles. The van der Waals surface area contributed by atoms with Crippen LogP contribution in [0.5, 0.6) is 0 Å². The van der Waals surface area contributed by atoms with Crippen molar-refractivity contribution in [1.82, 2.24) is 18.7 Å². The Morgan fingerprint density at radius 3 is 2.56 bits per heavy atom. The van der Waals surface area contributed by atoms with Crippen LogP contribution >= 0.6 is 0 Å². The molecule has 0 saturated heterocycles. The highest BCUT2D eigenvalue weighted by atomic mass is 16.2. The average molecular weight is 338 g/mol. The van der Waals surface area contributed by atoms with E-state index in [1.165, 1.54) is 9.13 Å². The van der Waals surface area contributed by atoms with Gasteiger partial charge in [-0.05, 0) is 12.5 Å². The third kappa shape index (κ3) is 2.29. The largest absolute Gasteiger partial charge is 0.332 e. The van der Waals surface area contributed by atoms with E-state index in [0.29, 0.717) is 23.7 Å². The number of imidazole rings is 1. The van der Waals surface area contributed by atoms with E-state index in [1.807, 2.05) is 41.8 Å². The predicted octanol–water partition coefficient (Wildman–Crippen LogP) is 0.771. The van der Waals surface area contributed by atoms with Gasteiger partial charge < -0.3 is 0 Å². The van der Waals surface area contributed by atoms with E-state index in [9.17, 15) is 9.59 Å². The number of fused-ring (bicyclic) bond motifs is 3. The molecule has 128 valence electrons. The van der Waals surface area contributed by atoms with Crippen molar-refractivity contribution in [3.8, 4) is 0 Å². The Morgan fingerprint density at radius 1 is 1.12 bits per heavy atom. The molecule has 0 amide bonds. The normalized spacial score (nSPS) is 13.9. The predicted molar refractivity (Wildman–Crippen MR) is 96.3 cm³/mol. The zero-order valence-electron chi connectivity index (χ0n) is 14.3. The number of hydrogen-bond donors (Lipinski definition) is 0. The van der Waals surface area contributed by atoms with E-state index in [-0.39, 0.29) is 17.8 Å². The molecule has 0 fully saturated rings. The highest BCUT2D eigenvalue weighted by molar-refractivity contribution is 5.87. The van der Waals surface area contributed by atoms with Gasteiger partial charge in [0, 0.05) is 14.1 Å². The Balaban J connectivity index is 1.99. The minimum absolute atomic E-state index is 0.228. The molecular formula is C17H18N6O2. The molecule has 3 aromatic rings. The maximum absolute atomic E-state index is 13.1. The summed E-state index contributed by atoms with van der Waals surface area (Å²) in [6.45, 7) is 2.61. The van der Waals surface area contributed by atoms with Crippen LogP contribution in [0, 0.1) is 0 Å². The summed E-state index contributed by atoms with van der Waals surface area (Å²) in [5.74, 6) is 0.560. The Kier molecular flexibility index (Phi) is 3.34. The van der Waals surface area contributed by atoms with E-state index in [0.717, 1.165) is 11.3 Å². The summed E-state index contributed by atoms with van der Waals surface area (Å²) in [6.07, 6.45) is 0. The number of hydrazone groups is 1. The average Bonchev–Trinajstić information content (AvgIpc) is 2.98. The second-order valence-corrected chi connectivity index (χ2v) is 6.25. The SMILES string of the molecule is CC1=NN(C)c2nc3c(c(=O)n(Cc4ccccc4)c(=O)n3C)n2C1. The summed E-state index contributed by atoms with van der Waals surface area (Å²) in [5, 5.41) is 5.99. The number of rotatable bonds is 2. The van der Waals surface area contributed by atoms with Crippen molar-refractivity contribution in [2.75, 3.05) is 12.1 Å². The van der Waals surface area contributed by atoms with Gasteiger partial charge in [-0.15, -0.1) is 0 Å². The summed E-state index contributed by atoms with van der Waals surface area (Å²) >= 11 is 0. The van der Waals surface area contributed by atoms with E-state index < -0.39 is 0 Å². The van der Waals surface area contributed by atoms with Crippen molar-refractivity contribution in [3.05, 3.63) is 56.7 Å². The lowest BCUT2D eigenvalue weighted by molar-refractivity contribution is 0.653. The molecule has 0 saturated carbocycles. The summed E-state index contributed by atoms with van der Waals surface area (Å²) in [7, 11) is 3.42. The highest BCUT2D eigenvalue weighted by Crippen LogP contribution is 2.22. The van der Waals surface area contributed by atoms with Gasteiger partial charge in [0.25, 0.3) is 5.56 Å². The molecule has 8 heteroatoms. The lowest BCUT2D eigenvalue weighted by Crippen LogP contribution is -2.40. The fourth-order valence-corrected chi connectivity index (χ4v) is 3.22. The monoisotopic (exact) mass is 338 g/mol. The molecule has 2 aromatic heterocycles. The molecule has 0 unspecified atom stereocenters. The van der Waals surface area contributed by atoms with Gasteiger partial charge in [0.1, 0.15) is 0 Å². The number of aryl methyl sites for hydroxylation is 1. The smallest absolute Gasteiger partial charge is 0.297 e. The van der Waals surface area contributed by atoms with Gasteiger partial charge in [-0.1, -0.05) is 30.3 Å². The minimum atomic E-state index is -0.378. The first kappa shape index (κ1) is 15.4. The zero-order chi connectivity index (χ0) is 17.7. The van der Waals surface area contributed by atoms with Crippen molar-refractivity contribution in [3.63, 3.8) is 0 Å². The first-order valence-corrected chi connectivity index (χ1v) is 7.99. The third-order valence-electron chi connectivity index (χ3n) is 4.39. The van der Waals surface area contributed by atoms with Gasteiger partial charge in [0.2, 0.25) is 5.95 Å². The quantitative estimate of drug-likeness (QED) is 0.691. The van der Waals surface area contributed by atoms with Crippen molar-refractivity contribution in [2.24, 2.45) is 12.1 Å². The van der Waals surface area contributed by atoms with Crippen LogP contribution in [-0.4, -0.2) is 31.4 Å². The Labute approximate surface area is 143 Å². The highest BCUT2D eigenvalue weighted by Gasteiger charge is 2.24. The molecule has 0 radical (unpaired) electrons. The fourth-order valence-electron chi connectivity index (χ4n) is 3.22. The lowest BCUT2D eigenvalue weighted by atomic mass is 10.2. The maximum Gasteiger partial charge on any atom is 0.332 e. The fraction of sp³-hybridized carbons (Fsp3) is 0.294. The third-order valence-corrected chi connectivity index (χ3v) is 4.39. The standard InChI is InChI=1S/C17H18N6O2/c1-11-9-22-13-14(18-16(22)21(3)19-11)20(2)17(25)23(15(13)24)10-12-7-5-4-6-8-12/h4-8H,9-10H2,1-3H3. The van der Waals surface area contributed by atoms with Crippen LogP contribution in [0.4, 0.5) is 5.95 Å². The van der Waals surface area contributed by atoms with Crippen molar-refractivity contribution < 1.29 is 0 Å². The van der Waals surface area contributed by atoms with Gasteiger partial charge >= 0.3 is 5.69 Å². The van der Waals surface area contributed by atoms with Crippen molar-refractivity contribution in [2.45, 2.75) is 20.0 Å². The van der Waals surface area contributed by atoms with Crippen molar-refractivity contribution in [1.29, 1.82) is 0 Å². The van der Waals surface area contributed by atoms with Gasteiger partial charge in [0.15, 0.2) is 11.2 Å². The number of hydrogen-bond acceptors (Lipinski definition) is 5. The summed E-state index contributed by atoms with van der Waals surface area (Å²) in [5.41, 5.74) is 1.87. The van der Waals surface area contributed by atoms with E-state index in [1.54, 1.807) is 19.1 Å². The molecule has 8 nitrogen and oxygen atoms in total. The Bertz CT molecular complexity index is 1120. The van der Waals surface area contributed by atoms with Crippen LogP contribution in [-0.2, 0) is 20.1 Å². The van der Waals surface area contributed by atoms with Crippen LogP contribution in [0.15, 0.2) is 45.0 Å². The van der Waals surface area contributed by atoms with Crippen molar-refractivity contribution >= 4 is 22.8 Å². The lowest BCUT2D eigenvalue weighted by Gasteiger charge is -2.20. The molecule has 0 bridgehead atoms. The summed E-state index contributed by atoms with van der Waals surface area (Å²) < 4.78 is 4.50. The molecule has 0 atom stereocenters. The number of benzene rings is 1. The summed E-state index contributed by atoms with van der Waals surface area (Å²) in [4.78, 5) is 30.3. The van der Waals surface area contributed by atoms with Gasteiger partial charge in [-0.2, -0.15) is 10.1 Å². The van der Waals surface area contributed by atoms with Crippen LogP contribution in [0.1, 0.15) is 12.5 Å². The molecule has 1 aromatic carbocycles. The van der Waals surface area contributed by atoms with E-state index in [2.05, 4.69) is 10.1 Å². The van der Waals surface area contributed by atoms with Crippen LogP contribution in [0.25, 0.3) is 11.2 Å².